The van der Waals surface area contributed by atoms with Gasteiger partial charge in [-0.3, -0.25) is 14.5 Å². The van der Waals surface area contributed by atoms with E-state index < -0.39 is 0 Å². The minimum atomic E-state index is -0.168. The van der Waals surface area contributed by atoms with E-state index in [0.717, 1.165) is 24.9 Å². The summed E-state index contributed by atoms with van der Waals surface area (Å²) in [6.07, 6.45) is 1.78. The second-order valence-corrected chi connectivity index (χ2v) is 6.26. The molecule has 0 aromatic carbocycles. The Morgan fingerprint density at radius 3 is 3.00 bits per heavy atom. The molecule has 1 saturated heterocycles. The molecule has 5 nitrogen and oxygen atoms in total. The first-order valence-corrected chi connectivity index (χ1v) is 8.09. The van der Waals surface area contributed by atoms with Crippen LogP contribution >= 0.6 is 11.3 Å². The van der Waals surface area contributed by atoms with E-state index in [1.165, 1.54) is 7.11 Å². The quantitative estimate of drug-likeness (QED) is 0.775. The average Bonchev–Trinajstić information content (AvgIpc) is 2.99. The van der Waals surface area contributed by atoms with Gasteiger partial charge in [-0.15, -0.1) is 0 Å². The number of piperidine rings is 1. The number of rotatable bonds is 5. The molecule has 6 heteroatoms. The second kappa shape index (κ2) is 7.56. The summed E-state index contributed by atoms with van der Waals surface area (Å²) < 4.78 is 4.80. The third-order valence-electron chi connectivity index (χ3n) is 3.82. The minimum Gasteiger partial charge on any atom is -0.469 e. The van der Waals surface area contributed by atoms with Crippen LogP contribution in [-0.4, -0.2) is 55.5 Å². The number of ether oxygens (including phenoxy) is 1. The molecule has 1 unspecified atom stereocenters. The lowest BCUT2D eigenvalue weighted by molar-refractivity contribution is -0.148. The van der Waals surface area contributed by atoms with Gasteiger partial charge < -0.3 is 9.64 Å². The highest BCUT2D eigenvalue weighted by molar-refractivity contribution is 7.07. The second-order valence-electron chi connectivity index (χ2n) is 5.48. The molecule has 1 fully saturated rings. The van der Waals surface area contributed by atoms with Crippen molar-refractivity contribution in [1.29, 1.82) is 0 Å². The molecule has 0 saturated carbocycles. The lowest BCUT2D eigenvalue weighted by atomic mass is 9.98. The van der Waals surface area contributed by atoms with E-state index in [4.69, 9.17) is 4.74 Å². The predicted octanol–water partition coefficient (Wildman–Crippen LogP) is 1.59. The summed E-state index contributed by atoms with van der Waals surface area (Å²) in [4.78, 5) is 27.6. The smallest absolute Gasteiger partial charge is 0.309 e. The van der Waals surface area contributed by atoms with E-state index in [-0.39, 0.29) is 17.8 Å². The normalized spacial score (nSPS) is 19.2. The number of amides is 1. The number of hydrogen-bond donors (Lipinski definition) is 0. The van der Waals surface area contributed by atoms with Crippen molar-refractivity contribution in [2.45, 2.75) is 19.4 Å². The summed E-state index contributed by atoms with van der Waals surface area (Å²) in [7, 11) is 3.24. The molecular weight excluding hydrogens is 288 g/mol. The van der Waals surface area contributed by atoms with Crippen LogP contribution in [0.1, 0.15) is 18.4 Å². The molecule has 0 aliphatic carbocycles. The maximum absolute atomic E-state index is 12.3. The van der Waals surface area contributed by atoms with Crippen LogP contribution in [0.15, 0.2) is 16.8 Å². The standard InChI is InChI=1S/C15H22N2O3S/c1-16(8-12-5-7-21-11-12)14(18)10-17-6-3-4-13(9-17)15(19)20-2/h5,7,11,13H,3-4,6,8-10H2,1-2H3. The van der Waals surface area contributed by atoms with Gasteiger partial charge in [-0.05, 0) is 41.8 Å². The molecule has 2 rings (SSSR count). The number of hydrogen-bond acceptors (Lipinski definition) is 5. The molecule has 1 aromatic heterocycles. The number of carbonyl (C=O) groups is 2. The third-order valence-corrected chi connectivity index (χ3v) is 4.56. The number of likely N-dealkylation sites (N-methyl/N-ethyl adjacent to an activating group) is 1. The molecule has 0 spiro atoms. The highest BCUT2D eigenvalue weighted by atomic mass is 32.1. The van der Waals surface area contributed by atoms with E-state index in [2.05, 4.69) is 10.3 Å². The maximum atomic E-state index is 12.3. The summed E-state index contributed by atoms with van der Waals surface area (Å²) in [5.74, 6) is -0.177. The van der Waals surface area contributed by atoms with Crippen molar-refractivity contribution in [1.82, 2.24) is 9.80 Å². The molecular formula is C15H22N2O3S. The zero-order valence-corrected chi connectivity index (χ0v) is 13.4. The number of likely N-dealkylation sites (tertiary alicyclic amines) is 1. The Morgan fingerprint density at radius 1 is 1.52 bits per heavy atom. The van der Waals surface area contributed by atoms with Crippen molar-refractivity contribution in [3.05, 3.63) is 22.4 Å². The molecule has 116 valence electrons. The molecule has 1 aliphatic rings. The number of carbonyl (C=O) groups excluding carboxylic acids is 2. The lowest BCUT2D eigenvalue weighted by Crippen LogP contribution is -2.44. The van der Waals surface area contributed by atoms with Crippen molar-refractivity contribution < 1.29 is 14.3 Å². The minimum absolute atomic E-state index is 0.0896. The first kappa shape index (κ1) is 16.0. The fourth-order valence-electron chi connectivity index (χ4n) is 2.61. The summed E-state index contributed by atoms with van der Waals surface area (Å²) in [6.45, 7) is 2.49. The van der Waals surface area contributed by atoms with E-state index in [9.17, 15) is 9.59 Å². The van der Waals surface area contributed by atoms with Gasteiger partial charge in [0, 0.05) is 20.1 Å². The molecule has 0 radical (unpaired) electrons. The van der Waals surface area contributed by atoms with Gasteiger partial charge in [-0.25, -0.2) is 0 Å². The van der Waals surface area contributed by atoms with Crippen molar-refractivity contribution in [2.75, 3.05) is 33.8 Å². The van der Waals surface area contributed by atoms with E-state index >= 15 is 0 Å². The topological polar surface area (TPSA) is 49.9 Å². The summed E-state index contributed by atoms with van der Waals surface area (Å²) >= 11 is 1.64. The van der Waals surface area contributed by atoms with Crippen LogP contribution in [0, 0.1) is 5.92 Å². The molecule has 1 amide bonds. The molecule has 1 aromatic rings. The summed E-state index contributed by atoms with van der Waals surface area (Å²) in [6, 6.07) is 2.03. The Hall–Kier alpha value is -1.40. The highest BCUT2D eigenvalue weighted by Crippen LogP contribution is 2.18. The third kappa shape index (κ3) is 4.54. The first-order valence-electron chi connectivity index (χ1n) is 7.15. The fourth-order valence-corrected chi connectivity index (χ4v) is 3.27. The molecule has 0 N–H and O–H groups in total. The van der Waals surface area contributed by atoms with Crippen LogP contribution in [0.25, 0.3) is 0 Å². The largest absolute Gasteiger partial charge is 0.469 e. The van der Waals surface area contributed by atoms with Gasteiger partial charge in [-0.2, -0.15) is 11.3 Å². The Balaban J connectivity index is 1.82. The van der Waals surface area contributed by atoms with Crippen LogP contribution in [0.2, 0.25) is 0 Å². The molecule has 2 heterocycles. The van der Waals surface area contributed by atoms with Gasteiger partial charge in [0.25, 0.3) is 0 Å². The van der Waals surface area contributed by atoms with Gasteiger partial charge in [-0.1, -0.05) is 0 Å². The van der Waals surface area contributed by atoms with Crippen molar-refractivity contribution >= 4 is 23.2 Å². The fraction of sp³-hybridized carbons (Fsp3) is 0.600. The van der Waals surface area contributed by atoms with Crippen molar-refractivity contribution in [3.8, 4) is 0 Å². The van der Waals surface area contributed by atoms with Crippen LogP contribution < -0.4 is 0 Å². The Bertz CT molecular complexity index is 475. The van der Waals surface area contributed by atoms with Crippen LogP contribution in [0.3, 0.4) is 0 Å². The van der Waals surface area contributed by atoms with Gasteiger partial charge in [0.1, 0.15) is 0 Å². The van der Waals surface area contributed by atoms with Crippen LogP contribution in [0.4, 0.5) is 0 Å². The zero-order chi connectivity index (χ0) is 15.2. The summed E-state index contributed by atoms with van der Waals surface area (Å²) in [5.41, 5.74) is 1.15. The van der Waals surface area contributed by atoms with Gasteiger partial charge >= 0.3 is 5.97 Å². The van der Waals surface area contributed by atoms with Gasteiger partial charge in [0.2, 0.25) is 5.91 Å². The number of thiophene rings is 1. The van der Waals surface area contributed by atoms with Gasteiger partial charge in [0.15, 0.2) is 0 Å². The first-order chi connectivity index (χ1) is 10.1. The molecule has 1 aliphatic heterocycles. The Morgan fingerprint density at radius 2 is 2.33 bits per heavy atom. The average molecular weight is 310 g/mol. The molecule has 0 bridgehead atoms. The Kier molecular flexibility index (Phi) is 5.76. The van der Waals surface area contributed by atoms with Crippen molar-refractivity contribution in [2.24, 2.45) is 5.92 Å². The van der Waals surface area contributed by atoms with E-state index in [0.29, 0.717) is 19.6 Å². The van der Waals surface area contributed by atoms with E-state index in [1.807, 2.05) is 18.5 Å². The molecule has 1 atom stereocenters. The highest BCUT2D eigenvalue weighted by Gasteiger charge is 2.27. The van der Waals surface area contributed by atoms with E-state index in [1.54, 1.807) is 16.2 Å². The Labute approximate surface area is 129 Å². The number of nitrogens with zero attached hydrogens (tertiary/aromatic N) is 2. The number of methoxy groups -OCH3 is 1. The van der Waals surface area contributed by atoms with Gasteiger partial charge in [0.05, 0.1) is 19.6 Å². The monoisotopic (exact) mass is 310 g/mol. The SMILES string of the molecule is COC(=O)C1CCCN(CC(=O)N(C)Cc2ccsc2)C1. The summed E-state index contributed by atoms with van der Waals surface area (Å²) in [5, 5.41) is 4.07. The predicted molar refractivity (Wildman–Crippen MR) is 82.0 cm³/mol. The van der Waals surface area contributed by atoms with Crippen LogP contribution in [-0.2, 0) is 20.9 Å². The van der Waals surface area contributed by atoms with Crippen LogP contribution in [0.5, 0.6) is 0 Å². The van der Waals surface area contributed by atoms with Crippen molar-refractivity contribution in [3.63, 3.8) is 0 Å². The molecule has 21 heavy (non-hydrogen) atoms. The maximum Gasteiger partial charge on any atom is 0.309 e. The lowest BCUT2D eigenvalue weighted by Gasteiger charge is -2.31. The zero-order valence-electron chi connectivity index (χ0n) is 12.6. The number of esters is 1.